The van der Waals surface area contributed by atoms with E-state index in [1.165, 1.54) is 24.6 Å². The van der Waals surface area contributed by atoms with E-state index in [0.717, 1.165) is 55.0 Å². The van der Waals surface area contributed by atoms with Crippen LogP contribution in [0, 0.1) is 5.82 Å². The molecule has 1 fully saturated rings. The second kappa shape index (κ2) is 9.22. The molecule has 1 aliphatic rings. The number of nitrogens with one attached hydrogen (secondary N) is 1. The highest BCUT2D eigenvalue weighted by Crippen LogP contribution is 2.34. The van der Waals surface area contributed by atoms with E-state index in [1.807, 2.05) is 30.3 Å². The smallest absolute Gasteiger partial charge is 0.221 e. The fourth-order valence-electron chi connectivity index (χ4n) is 4.18. The molecule has 1 amide bonds. The fourth-order valence-corrected chi connectivity index (χ4v) is 4.18. The normalized spacial score (nSPS) is 16.8. The van der Waals surface area contributed by atoms with Gasteiger partial charge in [0, 0.05) is 43.4 Å². The van der Waals surface area contributed by atoms with Gasteiger partial charge in [0.05, 0.1) is 5.69 Å². The molecule has 6 nitrogen and oxygen atoms in total. The van der Waals surface area contributed by atoms with Crippen LogP contribution in [0.15, 0.2) is 54.7 Å². The maximum absolute atomic E-state index is 13.8. The Bertz CT molecular complexity index is 1070. The topological polar surface area (TPSA) is 84.1 Å². The minimum absolute atomic E-state index is 0.0788. The van der Waals surface area contributed by atoms with E-state index in [9.17, 15) is 9.18 Å². The molecule has 0 radical (unpaired) electrons. The molecule has 1 unspecified atom stereocenters. The van der Waals surface area contributed by atoms with Crippen molar-refractivity contribution in [2.45, 2.75) is 32.2 Å². The first-order valence-electron chi connectivity index (χ1n) is 10.4. The first-order valence-corrected chi connectivity index (χ1v) is 10.4. The summed E-state index contributed by atoms with van der Waals surface area (Å²) in [5.74, 6) is 0.0647. The number of hydrogen-bond donors (Lipinski definition) is 2. The van der Waals surface area contributed by atoms with Crippen molar-refractivity contribution in [1.29, 1.82) is 0 Å². The van der Waals surface area contributed by atoms with Crippen molar-refractivity contribution in [3.8, 4) is 11.1 Å². The summed E-state index contributed by atoms with van der Waals surface area (Å²) in [6, 6.07) is 14.4. The third-order valence-corrected chi connectivity index (χ3v) is 5.55. The lowest BCUT2D eigenvalue weighted by atomic mass is 9.89. The molecule has 0 spiro atoms. The molecule has 3 N–H and O–H groups in total. The van der Waals surface area contributed by atoms with Gasteiger partial charge in [-0.3, -0.25) is 9.69 Å². The van der Waals surface area contributed by atoms with Gasteiger partial charge in [0.15, 0.2) is 0 Å². The van der Waals surface area contributed by atoms with Crippen molar-refractivity contribution in [2.24, 2.45) is 0 Å². The average Bonchev–Trinajstić information content (AvgIpc) is 2.75. The summed E-state index contributed by atoms with van der Waals surface area (Å²) in [4.78, 5) is 22.3. The monoisotopic (exact) mass is 419 g/mol. The summed E-state index contributed by atoms with van der Waals surface area (Å²) in [7, 11) is 0. The van der Waals surface area contributed by atoms with Gasteiger partial charge in [-0.15, -0.1) is 0 Å². The molecule has 160 valence electrons. The van der Waals surface area contributed by atoms with E-state index >= 15 is 0 Å². The number of nitrogen functional groups attached to an aromatic ring is 1. The van der Waals surface area contributed by atoms with E-state index < -0.39 is 0 Å². The SMILES string of the molecule is CC(=O)Nc1ccc(CN2CCCC(c3nc(N)ncc3-c3cccc(F)c3)C2)cc1. The Hall–Kier alpha value is -3.32. The standard InChI is InChI=1S/C24H26FN5O/c1-16(31)28-21-9-7-17(8-10-21)14-30-11-3-5-19(15-30)23-22(13-27-24(26)29-23)18-4-2-6-20(25)12-18/h2,4,6-10,12-13,19H,3,5,11,14-15H2,1H3,(H,28,31)(H2,26,27,29). The third kappa shape index (κ3) is 5.24. The number of piperidine rings is 1. The second-order valence-electron chi connectivity index (χ2n) is 7.99. The molecular formula is C24H26FN5O. The highest BCUT2D eigenvalue weighted by molar-refractivity contribution is 5.88. The number of hydrogen-bond acceptors (Lipinski definition) is 5. The van der Waals surface area contributed by atoms with Crippen molar-refractivity contribution in [3.63, 3.8) is 0 Å². The van der Waals surface area contributed by atoms with Gasteiger partial charge in [0.1, 0.15) is 5.82 Å². The molecule has 31 heavy (non-hydrogen) atoms. The number of amides is 1. The third-order valence-electron chi connectivity index (χ3n) is 5.55. The molecule has 1 aromatic heterocycles. The van der Waals surface area contributed by atoms with Gasteiger partial charge in [-0.1, -0.05) is 24.3 Å². The van der Waals surface area contributed by atoms with Crippen LogP contribution in [0.4, 0.5) is 16.0 Å². The molecule has 3 aromatic rings. The molecule has 1 aliphatic heterocycles. The Balaban J connectivity index is 1.52. The van der Waals surface area contributed by atoms with Crippen LogP contribution in [0.1, 0.15) is 36.9 Å². The van der Waals surface area contributed by atoms with Gasteiger partial charge < -0.3 is 11.1 Å². The van der Waals surface area contributed by atoms with Gasteiger partial charge in [-0.05, 0) is 54.8 Å². The van der Waals surface area contributed by atoms with E-state index in [2.05, 4.69) is 20.2 Å². The van der Waals surface area contributed by atoms with Crippen LogP contribution >= 0.6 is 0 Å². The molecule has 0 saturated carbocycles. The minimum atomic E-state index is -0.284. The lowest BCUT2D eigenvalue weighted by Crippen LogP contribution is -2.34. The fraction of sp³-hybridized carbons (Fsp3) is 0.292. The zero-order valence-electron chi connectivity index (χ0n) is 17.5. The molecule has 2 heterocycles. The van der Waals surface area contributed by atoms with Crippen LogP contribution < -0.4 is 11.1 Å². The van der Waals surface area contributed by atoms with E-state index in [0.29, 0.717) is 0 Å². The van der Waals surface area contributed by atoms with Crippen LogP contribution in [0.25, 0.3) is 11.1 Å². The van der Waals surface area contributed by atoms with E-state index in [-0.39, 0.29) is 23.6 Å². The van der Waals surface area contributed by atoms with Gasteiger partial charge in [0.2, 0.25) is 11.9 Å². The highest BCUT2D eigenvalue weighted by atomic mass is 19.1. The Morgan fingerprint density at radius 2 is 2.06 bits per heavy atom. The lowest BCUT2D eigenvalue weighted by molar-refractivity contribution is -0.114. The Labute approximate surface area is 181 Å². The zero-order valence-corrected chi connectivity index (χ0v) is 17.5. The summed E-state index contributed by atoms with van der Waals surface area (Å²) >= 11 is 0. The second-order valence-corrected chi connectivity index (χ2v) is 7.99. The molecule has 0 bridgehead atoms. The largest absolute Gasteiger partial charge is 0.368 e. The van der Waals surface area contributed by atoms with Crippen molar-refractivity contribution in [1.82, 2.24) is 14.9 Å². The Morgan fingerprint density at radius 1 is 1.26 bits per heavy atom. The maximum Gasteiger partial charge on any atom is 0.221 e. The van der Waals surface area contributed by atoms with Crippen molar-refractivity contribution in [2.75, 3.05) is 24.1 Å². The molecule has 1 saturated heterocycles. The summed E-state index contributed by atoms with van der Waals surface area (Å²) in [5, 5.41) is 2.79. The van der Waals surface area contributed by atoms with Crippen molar-refractivity contribution in [3.05, 3.63) is 71.8 Å². The number of likely N-dealkylation sites (tertiary alicyclic amines) is 1. The summed E-state index contributed by atoms with van der Waals surface area (Å²) in [6.07, 6.45) is 3.74. The predicted molar refractivity (Wildman–Crippen MR) is 120 cm³/mol. The number of carbonyl (C=O) groups is 1. The van der Waals surface area contributed by atoms with Crippen LogP contribution in [-0.2, 0) is 11.3 Å². The number of rotatable bonds is 5. The summed E-state index contributed by atoms with van der Waals surface area (Å²) in [6.45, 7) is 4.15. The first-order chi connectivity index (χ1) is 15.0. The molecule has 7 heteroatoms. The lowest BCUT2D eigenvalue weighted by Gasteiger charge is -2.33. The number of benzene rings is 2. The zero-order chi connectivity index (χ0) is 21.8. The van der Waals surface area contributed by atoms with Crippen LogP contribution in [0.2, 0.25) is 0 Å². The number of carbonyl (C=O) groups excluding carboxylic acids is 1. The Morgan fingerprint density at radius 3 is 2.81 bits per heavy atom. The Kier molecular flexibility index (Phi) is 6.23. The van der Waals surface area contributed by atoms with Crippen molar-refractivity contribution >= 4 is 17.5 Å². The first kappa shape index (κ1) is 20.9. The number of aromatic nitrogens is 2. The molecule has 0 aliphatic carbocycles. The average molecular weight is 420 g/mol. The maximum atomic E-state index is 13.8. The van der Waals surface area contributed by atoms with E-state index in [4.69, 9.17) is 5.73 Å². The quantitative estimate of drug-likeness (QED) is 0.647. The number of nitrogens with zero attached hydrogens (tertiary/aromatic N) is 3. The van der Waals surface area contributed by atoms with Gasteiger partial charge in [-0.2, -0.15) is 0 Å². The molecular weight excluding hydrogens is 393 g/mol. The number of nitrogens with two attached hydrogens (primary N) is 1. The van der Waals surface area contributed by atoms with E-state index in [1.54, 1.807) is 12.3 Å². The summed E-state index contributed by atoms with van der Waals surface area (Å²) < 4.78 is 13.8. The minimum Gasteiger partial charge on any atom is -0.368 e. The highest BCUT2D eigenvalue weighted by Gasteiger charge is 2.25. The predicted octanol–water partition coefficient (Wildman–Crippen LogP) is 4.20. The van der Waals surface area contributed by atoms with Gasteiger partial charge >= 0.3 is 0 Å². The van der Waals surface area contributed by atoms with Gasteiger partial charge in [0.25, 0.3) is 0 Å². The molecule has 1 atom stereocenters. The molecule has 2 aromatic carbocycles. The van der Waals surface area contributed by atoms with Gasteiger partial charge in [-0.25, -0.2) is 14.4 Å². The van der Waals surface area contributed by atoms with Crippen LogP contribution in [0.5, 0.6) is 0 Å². The number of anilines is 2. The van der Waals surface area contributed by atoms with Crippen LogP contribution in [-0.4, -0.2) is 33.9 Å². The molecule has 4 rings (SSSR count). The van der Waals surface area contributed by atoms with Crippen LogP contribution in [0.3, 0.4) is 0 Å². The number of halogens is 1. The van der Waals surface area contributed by atoms with Crippen molar-refractivity contribution < 1.29 is 9.18 Å². The summed E-state index contributed by atoms with van der Waals surface area (Å²) in [5.41, 5.74) is 10.4.